The predicted octanol–water partition coefficient (Wildman–Crippen LogP) is 3.40. The summed E-state index contributed by atoms with van der Waals surface area (Å²) in [4.78, 5) is 0. The van der Waals surface area contributed by atoms with Crippen LogP contribution in [-0.4, -0.2) is 17.8 Å². The fourth-order valence-electron chi connectivity index (χ4n) is 2.22. The average molecular weight is 263 g/mol. The summed E-state index contributed by atoms with van der Waals surface area (Å²) in [5.41, 5.74) is 1.33. The zero-order valence-corrected chi connectivity index (χ0v) is 11.8. The fourth-order valence-corrected chi connectivity index (χ4v) is 3.18. The molecule has 1 aromatic heterocycles. The normalized spacial score (nSPS) is 13.3. The highest BCUT2D eigenvalue weighted by atomic mass is 32.1. The van der Waals surface area contributed by atoms with E-state index in [1.807, 2.05) is 0 Å². The standard InChI is InChI=1S/C15H21NOS/c1-11(2)7-13(9-17)16-8-12-10-18-15-6-4-3-5-14(12)15/h3-6,10-11,13,16-17H,7-9H2,1-2H3/t13-/m1/s1. The maximum absolute atomic E-state index is 9.36. The lowest BCUT2D eigenvalue weighted by Crippen LogP contribution is -2.33. The number of nitrogens with one attached hydrogen (secondary N) is 1. The summed E-state index contributed by atoms with van der Waals surface area (Å²) in [7, 11) is 0. The summed E-state index contributed by atoms with van der Waals surface area (Å²) in [6.07, 6.45) is 1.01. The second-order valence-electron chi connectivity index (χ2n) is 5.15. The topological polar surface area (TPSA) is 32.3 Å². The molecule has 0 aliphatic carbocycles. The number of fused-ring (bicyclic) bond motifs is 1. The molecule has 2 aromatic rings. The predicted molar refractivity (Wildman–Crippen MR) is 79.0 cm³/mol. The maximum Gasteiger partial charge on any atom is 0.0584 e. The van der Waals surface area contributed by atoms with Gasteiger partial charge in [-0.05, 0) is 34.7 Å². The Balaban J connectivity index is 2.01. The minimum Gasteiger partial charge on any atom is -0.395 e. The number of rotatable bonds is 6. The van der Waals surface area contributed by atoms with Crippen LogP contribution in [0.4, 0.5) is 0 Å². The van der Waals surface area contributed by atoms with E-state index in [1.165, 1.54) is 15.6 Å². The van der Waals surface area contributed by atoms with Gasteiger partial charge in [0.2, 0.25) is 0 Å². The van der Waals surface area contributed by atoms with Crippen LogP contribution < -0.4 is 5.32 Å². The number of hydrogen-bond donors (Lipinski definition) is 2. The third kappa shape index (κ3) is 3.31. The van der Waals surface area contributed by atoms with E-state index in [4.69, 9.17) is 0 Å². The summed E-state index contributed by atoms with van der Waals surface area (Å²) in [5.74, 6) is 0.605. The summed E-state index contributed by atoms with van der Waals surface area (Å²) >= 11 is 1.78. The van der Waals surface area contributed by atoms with Crippen molar-refractivity contribution in [1.29, 1.82) is 0 Å². The Morgan fingerprint density at radius 1 is 1.28 bits per heavy atom. The van der Waals surface area contributed by atoms with Crippen LogP contribution in [0.5, 0.6) is 0 Å². The molecule has 0 fully saturated rings. The molecule has 18 heavy (non-hydrogen) atoms. The van der Waals surface area contributed by atoms with Crippen LogP contribution in [0, 0.1) is 5.92 Å². The van der Waals surface area contributed by atoms with E-state index >= 15 is 0 Å². The van der Waals surface area contributed by atoms with Gasteiger partial charge in [0.1, 0.15) is 0 Å². The Morgan fingerprint density at radius 3 is 2.78 bits per heavy atom. The van der Waals surface area contributed by atoms with E-state index in [2.05, 4.69) is 48.8 Å². The number of aliphatic hydroxyl groups is 1. The van der Waals surface area contributed by atoms with E-state index < -0.39 is 0 Å². The van der Waals surface area contributed by atoms with Crippen LogP contribution in [0.25, 0.3) is 10.1 Å². The summed E-state index contributed by atoms with van der Waals surface area (Å²) < 4.78 is 1.33. The largest absolute Gasteiger partial charge is 0.395 e. The molecule has 0 saturated carbocycles. The van der Waals surface area contributed by atoms with Crippen molar-refractivity contribution in [2.24, 2.45) is 5.92 Å². The fraction of sp³-hybridized carbons (Fsp3) is 0.467. The molecular formula is C15H21NOS. The molecule has 98 valence electrons. The number of thiophene rings is 1. The molecule has 3 heteroatoms. The Bertz CT molecular complexity index is 492. The second kappa shape index (κ2) is 6.32. The minimum absolute atomic E-state index is 0.198. The SMILES string of the molecule is CC(C)C[C@H](CO)NCc1csc2ccccc12. The quantitative estimate of drug-likeness (QED) is 0.837. The van der Waals surface area contributed by atoms with Crippen molar-refractivity contribution in [3.05, 3.63) is 35.2 Å². The molecule has 0 amide bonds. The van der Waals surface area contributed by atoms with Crippen molar-refractivity contribution in [3.63, 3.8) is 0 Å². The monoisotopic (exact) mass is 263 g/mol. The van der Waals surface area contributed by atoms with Gasteiger partial charge < -0.3 is 10.4 Å². The average Bonchev–Trinajstić information content (AvgIpc) is 2.77. The van der Waals surface area contributed by atoms with Crippen molar-refractivity contribution < 1.29 is 5.11 Å². The van der Waals surface area contributed by atoms with Gasteiger partial charge in [0, 0.05) is 17.3 Å². The maximum atomic E-state index is 9.36. The number of aliphatic hydroxyl groups excluding tert-OH is 1. The van der Waals surface area contributed by atoms with E-state index in [0.29, 0.717) is 5.92 Å². The summed E-state index contributed by atoms with van der Waals surface area (Å²) in [6, 6.07) is 8.67. The molecule has 0 spiro atoms. The Labute approximate surface area is 113 Å². The minimum atomic E-state index is 0.198. The van der Waals surface area contributed by atoms with Crippen LogP contribution >= 0.6 is 11.3 Å². The first-order chi connectivity index (χ1) is 8.70. The highest BCUT2D eigenvalue weighted by Gasteiger charge is 2.10. The third-order valence-electron chi connectivity index (χ3n) is 3.12. The first-order valence-electron chi connectivity index (χ1n) is 6.50. The van der Waals surface area contributed by atoms with E-state index in [1.54, 1.807) is 11.3 Å². The zero-order valence-electron chi connectivity index (χ0n) is 11.0. The van der Waals surface area contributed by atoms with Crippen molar-refractivity contribution in [2.75, 3.05) is 6.61 Å². The molecule has 1 aromatic carbocycles. The molecule has 2 N–H and O–H groups in total. The van der Waals surface area contributed by atoms with Gasteiger partial charge >= 0.3 is 0 Å². The van der Waals surface area contributed by atoms with Gasteiger partial charge in [0.25, 0.3) is 0 Å². The highest BCUT2D eigenvalue weighted by Crippen LogP contribution is 2.25. The molecule has 0 radical (unpaired) electrons. The molecule has 0 aliphatic heterocycles. The summed E-state index contributed by atoms with van der Waals surface area (Å²) in [5, 5.41) is 16.3. The Kier molecular flexibility index (Phi) is 4.75. The number of benzene rings is 1. The van der Waals surface area contributed by atoms with Gasteiger partial charge in [-0.1, -0.05) is 32.0 Å². The Morgan fingerprint density at radius 2 is 2.06 bits per heavy atom. The van der Waals surface area contributed by atoms with Gasteiger partial charge in [0.15, 0.2) is 0 Å². The highest BCUT2D eigenvalue weighted by molar-refractivity contribution is 7.17. The van der Waals surface area contributed by atoms with Crippen LogP contribution in [0.1, 0.15) is 25.8 Å². The first kappa shape index (κ1) is 13.5. The van der Waals surface area contributed by atoms with E-state index in [9.17, 15) is 5.11 Å². The molecule has 2 rings (SSSR count). The molecular weight excluding hydrogens is 242 g/mol. The molecule has 0 saturated heterocycles. The Hall–Kier alpha value is -0.900. The zero-order chi connectivity index (χ0) is 13.0. The van der Waals surface area contributed by atoms with Crippen molar-refractivity contribution in [3.8, 4) is 0 Å². The van der Waals surface area contributed by atoms with Crippen molar-refractivity contribution in [2.45, 2.75) is 32.9 Å². The van der Waals surface area contributed by atoms with Crippen LogP contribution in [0.3, 0.4) is 0 Å². The first-order valence-corrected chi connectivity index (χ1v) is 7.38. The van der Waals surface area contributed by atoms with Crippen LogP contribution in [0.2, 0.25) is 0 Å². The summed E-state index contributed by atoms with van der Waals surface area (Å²) in [6.45, 7) is 5.41. The van der Waals surface area contributed by atoms with Gasteiger partial charge in [0.05, 0.1) is 6.61 Å². The van der Waals surface area contributed by atoms with Gasteiger partial charge in [-0.25, -0.2) is 0 Å². The molecule has 0 unspecified atom stereocenters. The molecule has 1 atom stereocenters. The van der Waals surface area contributed by atoms with Gasteiger partial charge in [-0.2, -0.15) is 0 Å². The molecule has 1 heterocycles. The molecule has 2 nitrogen and oxygen atoms in total. The molecule has 0 aliphatic rings. The lowest BCUT2D eigenvalue weighted by molar-refractivity contribution is 0.223. The lowest BCUT2D eigenvalue weighted by Gasteiger charge is -2.18. The van der Waals surface area contributed by atoms with Crippen molar-refractivity contribution in [1.82, 2.24) is 5.32 Å². The van der Waals surface area contributed by atoms with Crippen LogP contribution in [-0.2, 0) is 6.54 Å². The van der Waals surface area contributed by atoms with Gasteiger partial charge in [-0.15, -0.1) is 11.3 Å². The van der Waals surface area contributed by atoms with Crippen molar-refractivity contribution >= 4 is 21.4 Å². The lowest BCUT2D eigenvalue weighted by atomic mass is 10.0. The third-order valence-corrected chi connectivity index (χ3v) is 4.13. The number of hydrogen-bond acceptors (Lipinski definition) is 3. The smallest absolute Gasteiger partial charge is 0.0584 e. The van der Waals surface area contributed by atoms with E-state index in [-0.39, 0.29) is 12.6 Å². The molecule has 0 bridgehead atoms. The van der Waals surface area contributed by atoms with E-state index in [0.717, 1.165) is 13.0 Å². The van der Waals surface area contributed by atoms with Crippen LogP contribution in [0.15, 0.2) is 29.6 Å². The van der Waals surface area contributed by atoms with Gasteiger partial charge in [-0.3, -0.25) is 0 Å². The second-order valence-corrected chi connectivity index (χ2v) is 6.06.